The van der Waals surface area contributed by atoms with Crippen LogP contribution in [0.5, 0.6) is 0 Å². The first-order valence-corrected chi connectivity index (χ1v) is 6.19. The van der Waals surface area contributed by atoms with Crippen LogP contribution in [0.15, 0.2) is 35.2 Å². The van der Waals surface area contributed by atoms with E-state index in [1.807, 2.05) is 37.3 Å². The number of thioether (sulfide) groups is 1. The van der Waals surface area contributed by atoms with Gasteiger partial charge >= 0.3 is 6.09 Å². The van der Waals surface area contributed by atoms with E-state index in [1.54, 1.807) is 0 Å². The molecule has 0 spiro atoms. The van der Waals surface area contributed by atoms with E-state index in [2.05, 4.69) is 0 Å². The van der Waals surface area contributed by atoms with E-state index < -0.39 is 6.09 Å². The molecule has 0 radical (unpaired) electrons. The standard InChI is InChI=1S/C12H13NO3S/c1-8-11(16-12(15)13(8)9(2)14)17-10-6-4-3-5-7-10/h3-8,11H,1-2H3/t8-,11-/m0/s1. The third kappa shape index (κ3) is 2.44. The zero-order chi connectivity index (χ0) is 12.4. The Labute approximate surface area is 104 Å². The fourth-order valence-electron chi connectivity index (χ4n) is 1.71. The SMILES string of the molecule is CC(=O)N1C(=O)O[C@@H](Sc2ccccc2)[C@@H]1C. The maximum Gasteiger partial charge on any atom is 0.418 e. The van der Waals surface area contributed by atoms with E-state index in [0.29, 0.717) is 0 Å². The summed E-state index contributed by atoms with van der Waals surface area (Å²) < 4.78 is 5.18. The van der Waals surface area contributed by atoms with Crippen molar-refractivity contribution in [2.24, 2.45) is 0 Å². The molecule has 2 amide bonds. The van der Waals surface area contributed by atoms with Crippen molar-refractivity contribution in [3.63, 3.8) is 0 Å². The molecule has 0 saturated carbocycles. The molecule has 2 rings (SSSR count). The Morgan fingerprint density at radius 2 is 2.00 bits per heavy atom. The van der Waals surface area contributed by atoms with Gasteiger partial charge in [0.05, 0.1) is 6.04 Å². The van der Waals surface area contributed by atoms with Crippen LogP contribution in [0.3, 0.4) is 0 Å². The summed E-state index contributed by atoms with van der Waals surface area (Å²) in [4.78, 5) is 24.9. The minimum atomic E-state index is -0.557. The highest BCUT2D eigenvalue weighted by Gasteiger charge is 2.41. The second kappa shape index (κ2) is 4.79. The highest BCUT2D eigenvalue weighted by molar-refractivity contribution is 7.99. The molecule has 1 aromatic rings. The normalized spacial score (nSPS) is 23.6. The quantitative estimate of drug-likeness (QED) is 0.810. The molecule has 1 heterocycles. The van der Waals surface area contributed by atoms with Crippen LogP contribution in [-0.2, 0) is 9.53 Å². The van der Waals surface area contributed by atoms with Gasteiger partial charge < -0.3 is 4.74 Å². The van der Waals surface area contributed by atoms with Crippen molar-refractivity contribution in [1.82, 2.24) is 4.90 Å². The van der Waals surface area contributed by atoms with Gasteiger partial charge in [-0.05, 0) is 19.1 Å². The van der Waals surface area contributed by atoms with E-state index in [-0.39, 0.29) is 17.4 Å². The van der Waals surface area contributed by atoms with Crippen LogP contribution in [0, 0.1) is 0 Å². The first kappa shape index (κ1) is 12.0. The highest BCUT2D eigenvalue weighted by Crippen LogP contribution is 2.33. The number of carbonyl (C=O) groups is 2. The molecule has 5 heteroatoms. The number of rotatable bonds is 2. The zero-order valence-corrected chi connectivity index (χ0v) is 10.4. The van der Waals surface area contributed by atoms with Crippen LogP contribution in [-0.4, -0.2) is 28.4 Å². The predicted molar refractivity (Wildman–Crippen MR) is 64.6 cm³/mol. The summed E-state index contributed by atoms with van der Waals surface area (Å²) in [6, 6.07) is 9.42. The first-order valence-electron chi connectivity index (χ1n) is 5.31. The number of amides is 2. The molecule has 1 saturated heterocycles. The lowest BCUT2D eigenvalue weighted by Gasteiger charge is -2.16. The van der Waals surface area contributed by atoms with E-state index in [4.69, 9.17) is 4.74 Å². The van der Waals surface area contributed by atoms with Crippen molar-refractivity contribution >= 4 is 23.8 Å². The summed E-state index contributed by atoms with van der Waals surface area (Å²) in [5.74, 6) is -0.279. The molecule has 0 N–H and O–H groups in total. The smallest absolute Gasteiger partial charge is 0.418 e. The van der Waals surface area contributed by atoms with Gasteiger partial charge in [-0.1, -0.05) is 30.0 Å². The Bertz CT molecular complexity index is 435. The molecule has 0 bridgehead atoms. The summed E-state index contributed by atoms with van der Waals surface area (Å²) in [5, 5.41) is 0. The Balaban J connectivity index is 2.10. The minimum absolute atomic E-state index is 0.245. The van der Waals surface area contributed by atoms with Gasteiger partial charge in [-0.2, -0.15) is 0 Å². The van der Waals surface area contributed by atoms with Gasteiger partial charge in [0, 0.05) is 11.8 Å². The van der Waals surface area contributed by atoms with E-state index >= 15 is 0 Å². The lowest BCUT2D eigenvalue weighted by atomic mass is 10.3. The molecule has 4 nitrogen and oxygen atoms in total. The summed E-state index contributed by atoms with van der Waals surface area (Å²) >= 11 is 1.45. The van der Waals surface area contributed by atoms with Crippen molar-refractivity contribution in [3.05, 3.63) is 30.3 Å². The van der Waals surface area contributed by atoms with Crippen LogP contribution in [0.1, 0.15) is 13.8 Å². The summed E-state index contributed by atoms with van der Waals surface area (Å²) in [5.41, 5.74) is -0.339. The molecular weight excluding hydrogens is 238 g/mol. The number of benzene rings is 1. The number of hydrogen-bond acceptors (Lipinski definition) is 4. The fraction of sp³-hybridized carbons (Fsp3) is 0.333. The molecule has 17 heavy (non-hydrogen) atoms. The largest absolute Gasteiger partial charge is 0.432 e. The second-order valence-corrected chi connectivity index (χ2v) is 4.98. The summed E-state index contributed by atoms with van der Waals surface area (Å²) in [7, 11) is 0. The van der Waals surface area contributed by atoms with Gasteiger partial charge in [-0.15, -0.1) is 0 Å². The van der Waals surface area contributed by atoms with Crippen LogP contribution in [0.25, 0.3) is 0 Å². The van der Waals surface area contributed by atoms with Crippen molar-refractivity contribution < 1.29 is 14.3 Å². The Morgan fingerprint density at radius 1 is 1.35 bits per heavy atom. The summed E-state index contributed by atoms with van der Waals surface area (Å²) in [6.07, 6.45) is -0.557. The lowest BCUT2D eigenvalue weighted by Crippen LogP contribution is -2.36. The van der Waals surface area contributed by atoms with Crippen molar-refractivity contribution in [2.75, 3.05) is 0 Å². The van der Waals surface area contributed by atoms with E-state index in [0.717, 1.165) is 9.80 Å². The topological polar surface area (TPSA) is 46.6 Å². The maximum absolute atomic E-state index is 11.5. The maximum atomic E-state index is 11.5. The van der Waals surface area contributed by atoms with Crippen molar-refractivity contribution in [3.8, 4) is 0 Å². The highest BCUT2D eigenvalue weighted by atomic mass is 32.2. The van der Waals surface area contributed by atoms with Gasteiger partial charge in [0.1, 0.15) is 0 Å². The van der Waals surface area contributed by atoms with Gasteiger partial charge in [-0.3, -0.25) is 4.79 Å². The molecule has 0 unspecified atom stereocenters. The fourth-order valence-corrected chi connectivity index (χ4v) is 2.75. The van der Waals surface area contributed by atoms with Crippen molar-refractivity contribution in [1.29, 1.82) is 0 Å². The number of ether oxygens (including phenoxy) is 1. The molecule has 1 aliphatic heterocycles. The van der Waals surface area contributed by atoms with Gasteiger partial charge in [-0.25, -0.2) is 9.69 Å². The van der Waals surface area contributed by atoms with Crippen LogP contribution >= 0.6 is 11.8 Å². The molecule has 0 aliphatic carbocycles. The van der Waals surface area contributed by atoms with Crippen LogP contribution in [0.2, 0.25) is 0 Å². The third-order valence-electron chi connectivity index (χ3n) is 2.55. The Kier molecular flexibility index (Phi) is 3.38. The van der Waals surface area contributed by atoms with E-state index in [1.165, 1.54) is 18.7 Å². The number of carbonyl (C=O) groups excluding carboxylic acids is 2. The predicted octanol–water partition coefficient (Wildman–Crippen LogP) is 2.49. The number of nitrogens with zero attached hydrogens (tertiary/aromatic N) is 1. The molecule has 0 aromatic heterocycles. The van der Waals surface area contributed by atoms with E-state index in [9.17, 15) is 9.59 Å². The zero-order valence-electron chi connectivity index (χ0n) is 9.62. The van der Waals surface area contributed by atoms with Gasteiger partial charge in [0.15, 0.2) is 5.44 Å². The number of cyclic esters (lactones) is 1. The van der Waals surface area contributed by atoms with Crippen LogP contribution < -0.4 is 0 Å². The van der Waals surface area contributed by atoms with Gasteiger partial charge in [0.25, 0.3) is 0 Å². The minimum Gasteiger partial charge on any atom is -0.432 e. The number of imide groups is 1. The molecule has 1 aliphatic rings. The molecular formula is C12H13NO3S. The summed E-state index contributed by atoms with van der Waals surface area (Å²) in [6.45, 7) is 3.18. The third-order valence-corrected chi connectivity index (χ3v) is 3.82. The molecule has 90 valence electrons. The average Bonchev–Trinajstić information content (AvgIpc) is 2.55. The molecule has 2 atom stereocenters. The Morgan fingerprint density at radius 3 is 2.53 bits per heavy atom. The first-order chi connectivity index (χ1) is 8.09. The average molecular weight is 251 g/mol. The second-order valence-electron chi connectivity index (χ2n) is 3.81. The number of hydrogen-bond donors (Lipinski definition) is 0. The Hall–Kier alpha value is -1.49. The van der Waals surface area contributed by atoms with Crippen LogP contribution in [0.4, 0.5) is 4.79 Å². The van der Waals surface area contributed by atoms with Gasteiger partial charge in [0.2, 0.25) is 5.91 Å². The molecule has 1 fully saturated rings. The monoisotopic (exact) mass is 251 g/mol. The lowest BCUT2D eigenvalue weighted by molar-refractivity contribution is -0.126. The molecule has 1 aromatic carbocycles. The van der Waals surface area contributed by atoms with Crippen molar-refractivity contribution in [2.45, 2.75) is 30.2 Å².